The lowest BCUT2D eigenvalue weighted by Gasteiger charge is -2.28. The lowest BCUT2D eigenvalue weighted by molar-refractivity contribution is -0.228. The fourth-order valence-corrected chi connectivity index (χ4v) is 4.83. The molecule has 1 aliphatic carbocycles. The van der Waals surface area contributed by atoms with Gasteiger partial charge in [0.2, 0.25) is 5.67 Å². The molecule has 0 spiro atoms. The number of Topliss-reactive ketones (excluding diaryl/α,β-unsaturated/α-hetero) is 2. The molecule has 4 nitrogen and oxygen atoms in total. The van der Waals surface area contributed by atoms with Crippen molar-refractivity contribution in [1.82, 2.24) is 9.97 Å². The first-order valence-corrected chi connectivity index (χ1v) is 10.4. The number of alkyl halides is 5. The van der Waals surface area contributed by atoms with Crippen LogP contribution in [-0.2, 0) is 11.8 Å². The molecule has 4 rings (SSSR count). The molecule has 2 heterocycles. The molecule has 0 atom stereocenters. The second-order valence-corrected chi connectivity index (χ2v) is 9.07. The molecule has 2 aromatic heterocycles. The van der Waals surface area contributed by atoms with E-state index >= 15 is 22.0 Å². The minimum absolute atomic E-state index is 0.0693. The van der Waals surface area contributed by atoms with Gasteiger partial charge in [0, 0.05) is 35.7 Å². The van der Waals surface area contributed by atoms with Gasteiger partial charge in [-0.1, -0.05) is 0 Å². The van der Waals surface area contributed by atoms with E-state index in [1.54, 1.807) is 0 Å². The minimum atomic E-state index is -4.70. The molecule has 1 aromatic carbocycles. The van der Waals surface area contributed by atoms with Gasteiger partial charge in [-0.15, -0.1) is 0 Å². The minimum Gasteiger partial charge on any atom is -0.293 e. The fourth-order valence-electron chi connectivity index (χ4n) is 4.01. The second-order valence-electron chi connectivity index (χ2n) is 7.45. The van der Waals surface area contributed by atoms with Crippen LogP contribution in [0.4, 0.5) is 22.0 Å². The number of halogens is 7. The highest BCUT2D eigenvalue weighted by Crippen LogP contribution is 2.65. The first kappa shape index (κ1) is 22.2. The maximum atomic E-state index is 15.3. The molecule has 31 heavy (non-hydrogen) atoms. The summed E-state index contributed by atoms with van der Waals surface area (Å²) in [6.45, 7) is 2.17. The number of fused-ring (bicyclic) bond motifs is 6. The van der Waals surface area contributed by atoms with Crippen LogP contribution in [-0.4, -0.2) is 27.2 Å². The molecule has 3 aromatic rings. The number of aromatic nitrogens is 2. The standard InChI is InChI=1S/C20H11Br2F5N2O2/c1-6(30)16-12-8(4-10(21)28-16)9-5-11(22)29-17(7(2)31)13(9)15-14(12)19(24,25)18(3,23)20(15,26)27/h4-5H,1-3H3. The number of carbonyl (C=O) groups excluding carboxylic acids is 2. The summed E-state index contributed by atoms with van der Waals surface area (Å²) in [5, 5.41) is -1.31. The van der Waals surface area contributed by atoms with Crippen molar-refractivity contribution in [2.75, 3.05) is 0 Å². The molecule has 0 radical (unpaired) electrons. The fraction of sp³-hybridized carbons (Fsp3) is 0.300. The number of hydrogen-bond donors (Lipinski definition) is 0. The van der Waals surface area contributed by atoms with Crippen molar-refractivity contribution in [1.29, 1.82) is 0 Å². The Morgan fingerprint density at radius 1 is 0.774 bits per heavy atom. The zero-order valence-corrected chi connectivity index (χ0v) is 19.2. The number of hydrogen-bond acceptors (Lipinski definition) is 4. The summed E-state index contributed by atoms with van der Waals surface area (Å²) in [4.78, 5) is 32.3. The predicted octanol–water partition coefficient (Wildman–Crippen LogP) is 6.64. The van der Waals surface area contributed by atoms with Gasteiger partial charge >= 0.3 is 11.8 Å². The van der Waals surface area contributed by atoms with Crippen LogP contribution in [0.15, 0.2) is 21.3 Å². The highest BCUT2D eigenvalue weighted by molar-refractivity contribution is 9.10. The summed E-state index contributed by atoms with van der Waals surface area (Å²) in [5.74, 6) is -10.9. The van der Waals surface area contributed by atoms with Crippen molar-refractivity contribution in [3.8, 4) is 0 Å². The summed E-state index contributed by atoms with van der Waals surface area (Å²) in [6, 6.07) is 2.51. The molecule has 0 N–H and O–H groups in total. The van der Waals surface area contributed by atoms with Crippen molar-refractivity contribution in [3.63, 3.8) is 0 Å². The molecule has 11 heteroatoms. The van der Waals surface area contributed by atoms with Crippen LogP contribution in [0.5, 0.6) is 0 Å². The van der Waals surface area contributed by atoms with Crippen LogP contribution in [0.25, 0.3) is 21.5 Å². The van der Waals surface area contributed by atoms with Crippen LogP contribution in [0, 0.1) is 0 Å². The Balaban J connectivity index is 2.50. The lowest BCUT2D eigenvalue weighted by atomic mass is 9.89. The van der Waals surface area contributed by atoms with Crippen LogP contribution in [0.2, 0.25) is 0 Å². The van der Waals surface area contributed by atoms with E-state index in [1.165, 1.54) is 12.1 Å². The maximum Gasteiger partial charge on any atom is 0.313 e. The van der Waals surface area contributed by atoms with Crippen molar-refractivity contribution >= 4 is 65.0 Å². The van der Waals surface area contributed by atoms with Gasteiger partial charge in [0.1, 0.15) is 20.6 Å². The van der Waals surface area contributed by atoms with Gasteiger partial charge in [-0.25, -0.2) is 14.4 Å². The molecule has 0 saturated heterocycles. The van der Waals surface area contributed by atoms with E-state index in [1.807, 2.05) is 0 Å². The monoisotopic (exact) mass is 564 g/mol. The van der Waals surface area contributed by atoms with Crippen LogP contribution in [0.3, 0.4) is 0 Å². The summed E-state index contributed by atoms with van der Waals surface area (Å²) in [5.41, 5.74) is -8.09. The molecular formula is C20H11Br2F5N2O2. The number of nitrogens with zero attached hydrogens (tertiary/aromatic N) is 2. The molecule has 0 unspecified atom stereocenters. The Morgan fingerprint density at radius 3 is 1.39 bits per heavy atom. The molecule has 0 fully saturated rings. The molecule has 0 aliphatic heterocycles. The van der Waals surface area contributed by atoms with E-state index in [9.17, 15) is 9.59 Å². The number of rotatable bonds is 2. The van der Waals surface area contributed by atoms with Crippen molar-refractivity contribution in [2.45, 2.75) is 38.3 Å². The quantitative estimate of drug-likeness (QED) is 0.151. The summed E-state index contributed by atoms with van der Waals surface area (Å²) < 4.78 is 76.5. The van der Waals surface area contributed by atoms with Gasteiger partial charge in [0.25, 0.3) is 0 Å². The number of ketones is 2. The largest absolute Gasteiger partial charge is 0.313 e. The SMILES string of the molecule is CC(=O)c1nc(Br)cc2c1c1c(c3c(C(C)=O)nc(Br)cc32)C(F)(F)C(C)(F)C1(F)F. The smallest absolute Gasteiger partial charge is 0.293 e. The Morgan fingerprint density at radius 2 is 1.10 bits per heavy atom. The van der Waals surface area contributed by atoms with Crippen LogP contribution < -0.4 is 0 Å². The van der Waals surface area contributed by atoms with E-state index in [2.05, 4.69) is 41.8 Å². The summed E-state index contributed by atoms with van der Waals surface area (Å²) >= 11 is 6.18. The molecule has 0 saturated carbocycles. The van der Waals surface area contributed by atoms with E-state index in [0.29, 0.717) is 0 Å². The van der Waals surface area contributed by atoms with Gasteiger partial charge in [-0.3, -0.25) is 9.59 Å². The number of carbonyl (C=O) groups is 2. The molecule has 162 valence electrons. The van der Waals surface area contributed by atoms with E-state index < -0.39 is 62.4 Å². The highest BCUT2D eigenvalue weighted by Gasteiger charge is 2.76. The Hall–Kier alpha value is -2.01. The number of pyridine rings is 2. The van der Waals surface area contributed by atoms with Gasteiger partial charge in [0.05, 0.1) is 0 Å². The average molecular weight is 566 g/mol. The summed E-state index contributed by atoms with van der Waals surface area (Å²) in [6.07, 6.45) is 0. The molecular weight excluding hydrogens is 555 g/mol. The normalized spacial score (nSPS) is 18.4. The molecule has 0 bridgehead atoms. The zero-order chi connectivity index (χ0) is 23.3. The topological polar surface area (TPSA) is 59.9 Å². The Labute approximate surface area is 188 Å². The van der Waals surface area contributed by atoms with Gasteiger partial charge in [-0.05, 0) is 61.7 Å². The third kappa shape index (κ3) is 2.68. The average Bonchev–Trinajstić information content (AvgIpc) is 2.75. The van der Waals surface area contributed by atoms with E-state index in [-0.39, 0.29) is 26.9 Å². The van der Waals surface area contributed by atoms with Gasteiger partial charge in [0.15, 0.2) is 11.6 Å². The third-order valence-corrected chi connectivity index (χ3v) is 6.30. The lowest BCUT2D eigenvalue weighted by Crippen LogP contribution is -2.45. The van der Waals surface area contributed by atoms with Gasteiger partial charge in [-0.2, -0.15) is 17.6 Å². The molecule has 1 aliphatic rings. The highest BCUT2D eigenvalue weighted by atomic mass is 79.9. The molecule has 0 amide bonds. The van der Waals surface area contributed by atoms with Crippen molar-refractivity contribution in [3.05, 3.63) is 43.9 Å². The summed E-state index contributed by atoms with van der Waals surface area (Å²) in [7, 11) is 0. The first-order valence-electron chi connectivity index (χ1n) is 8.78. The van der Waals surface area contributed by atoms with E-state index in [0.717, 1.165) is 13.8 Å². The van der Waals surface area contributed by atoms with Crippen molar-refractivity contribution < 1.29 is 31.5 Å². The third-order valence-electron chi connectivity index (χ3n) is 5.49. The van der Waals surface area contributed by atoms with Crippen molar-refractivity contribution in [2.24, 2.45) is 0 Å². The van der Waals surface area contributed by atoms with Crippen LogP contribution in [0.1, 0.15) is 52.9 Å². The maximum absolute atomic E-state index is 15.3. The first-order chi connectivity index (χ1) is 14.1. The Kier molecular flexibility index (Phi) is 4.66. The van der Waals surface area contributed by atoms with Crippen LogP contribution >= 0.6 is 31.9 Å². The van der Waals surface area contributed by atoms with Gasteiger partial charge < -0.3 is 0 Å². The van der Waals surface area contributed by atoms with E-state index in [4.69, 9.17) is 0 Å². The Bertz CT molecular complexity index is 1250. The number of benzene rings is 1. The zero-order valence-electron chi connectivity index (χ0n) is 16.0. The second kappa shape index (κ2) is 6.50. The predicted molar refractivity (Wildman–Crippen MR) is 110 cm³/mol.